The van der Waals surface area contributed by atoms with Gasteiger partial charge in [0.15, 0.2) is 0 Å². The summed E-state index contributed by atoms with van der Waals surface area (Å²) >= 11 is 0. The Hall–Kier alpha value is -11.7. The Kier molecular flexibility index (Phi) is 14.3. The SMILES string of the molecule is c1ccc(N(c2ccccc2)c2cc3c4c(c2)Oc2cc5c(cc2B4c2ccccc2O3)B2c3cc4c(cc3N(C36CC7CC(CC(C7)C3)C6)c3cc(N(c6ccccc6)c6ccccc6)cc(c32)N5C23CC5CC(CC(C5)C2)C3)N(C23CC5CC(CC(C5)C2)C3)c2cc(N(c3ccccc3)c3ccccc3)cc3c2B4c2ccccc2O3)cc1. The van der Waals surface area contributed by atoms with Crippen LogP contribution in [-0.4, -0.2) is 36.8 Å². The second-order valence-corrected chi connectivity index (χ2v) is 39.7. The molecule has 0 amide bonds. The molecule has 0 spiro atoms. The number of fused-ring (bicyclic) bond motifs is 12. The van der Waals surface area contributed by atoms with Crippen LogP contribution in [0.25, 0.3) is 0 Å². The average Bonchev–Trinajstić information content (AvgIpc) is 0.664. The molecular formula is C108H93B3N6O3. The molecule has 12 bridgehead atoms. The van der Waals surface area contributed by atoms with Crippen LogP contribution in [0.4, 0.5) is 85.3 Å². The number of benzene rings is 13. The van der Waals surface area contributed by atoms with Crippen LogP contribution in [-0.2, 0) is 0 Å². The average molecular weight is 1560 g/mol. The minimum absolute atomic E-state index is 0.118. The van der Waals surface area contributed by atoms with Crippen LogP contribution < -0.4 is 92.8 Å². The zero-order chi connectivity index (χ0) is 78.0. The van der Waals surface area contributed by atoms with Crippen LogP contribution in [0.15, 0.2) is 291 Å². The van der Waals surface area contributed by atoms with E-state index in [9.17, 15) is 0 Å². The Morgan fingerprint density at radius 2 is 0.467 bits per heavy atom. The van der Waals surface area contributed by atoms with Gasteiger partial charge in [-0.15, -0.1) is 0 Å². The summed E-state index contributed by atoms with van der Waals surface area (Å²) < 4.78 is 23.1. The first-order chi connectivity index (χ1) is 59.2. The summed E-state index contributed by atoms with van der Waals surface area (Å²) in [5.74, 6) is 11.6. The molecule has 12 heteroatoms. The lowest BCUT2D eigenvalue weighted by atomic mass is 9.29. The predicted octanol–water partition coefficient (Wildman–Crippen LogP) is 21.2. The molecule has 12 saturated carbocycles. The van der Waals surface area contributed by atoms with Crippen molar-refractivity contribution in [2.45, 2.75) is 132 Å². The molecule has 0 radical (unpaired) electrons. The van der Waals surface area contributed by atoms with Gasteiger partial charge in [-0.25, -0.2) is 0 Å². The van der Waals surface area contributed by atoms with Gasteiger partial charge in [0.05, 0.1) is 17.1 Å². The minimum atomic E-state index is -0.186. The van der Waals surface area contributed by atoms with Gasteiger partial charge in [-0.3, -0.25) is 0 Å². The number of anilines is 15. The lowest BCUT2D eigenvalue weighted by Gasteiger charge is -2.65. The molecule has 0 atom stereocenters. The van der Waals surface area contributed by atoms with Crippen molar-refractivity contribution in [1.29, 1.82) is 0 Å². The third kappa shape index (κ3) is 9.88. The maximum atomic E-state index is 8.03. The van der Waals surface area contributed by atoms with Gasteiger partial charge in [0.2, 0.25) is 0 Å². The van der Waals surface area contributed by atoms with Crippen molar-refractivity contribution in [2.24, 2.45) is 53.3 Å². The molecule has 0 N–H and O–H groups in total. The van der Waals surface area contributed by atoms with E-state index in [0.29, 0.717) is 53.3 Å². The summed E-state index contributed by atoms with van der Waals surface area (Å²) in [6.07, 6.45) is 22.9. The van der Waals surface area contributed by atoms with Gasteiger partial charge in [0.1, 0.15) is 34.5 Å². The summed E-state index contributed by atoms with van der Waals surface area (Å²) in [4.78, 5) is 16.9. The number of para-hydroxylation sites is 8. The molecule has 13 aromatic rings. The molecule has 13 aromatic carbocycles. The molecule has 120 heavy (non-hydrogen) atoms. The van der Waals surface area contributed by atoms with E-state index in [0.717, 1.165) is 74.1 Å². The third-order valence-corrected chi connectivity index (χ3v) is 32.6. The highest BCUT2D eigenvalue weighted by Gasteiger charge is 2.63. The van der Waals surface area contributed by atoms with Gasteiger partial charge in [0, 0.05) is 115 Å². The maximum Gasteiger partial charge on any atom is 0.260 e. The number of rotatable bonds is 12. The zero-order valence-corrected chi connectivity index (χ0v) is 67.8. The van der Waals surface area contributed by atoms with Gasteiger partial charge in [-0.05, 0) is 322 Å². The molecule has 0 aromatic heterocycles. The summed E-state index contributed by atoms with van der Waals surface area (Å²) in [7, 11) is 0. The molecule has 9 nitrogen and oxygen atoms in total. The van der Waals surface area contributed by atoms with Crippen LogP contribution in [0.3, 0.4) is 0 Å². The largest absolute Gasteiger partial charge is 0.458 e. The van der Waals surface area contributed by atoms with Gasteiger partial charge >= 0.3 is 0 Å². The third-order valence-electron chi connectivity index (χ3n) is 32.6. The van der Waals surface area contributed by atoms with E-state index >= 15 is 0 Å². The predicted molar refractivity (Wildman–Crippen MR) is 492 cm³/mol. The van der Waals surface area contributed by atoms with Crippen molar-refractivity contribution >= 4 is 155 Å². The van der Waals surface area contributed by atoms with Crippen molar-refractivity contribution in [2.75, 3.05) is 29.4 Å². The second kappa shape index (κ2) is 25.2. The van der Waals surface area contributed by atoms with Crippen LogP contribution in [0.2, 0.25) is 0 Å². The monoisotopic (exact) mass is 1550 g/mol. The molecule has 0 saturated heterocycles. The molecule has 6 heterocycles. The normalized spacial score (nSPS) is 26.9. The minimum Gasteiger partial charge on any atom is -0.458 e. The standard InChI is InChI=1S/C108H93B3N6O3/c1-7-23-76(24-8-1)112(77-25-9-2-10-26-77)82-48-94-103-95(49-82)117(108-64-73-45-74(65-108)47-75(46-73)66-108)93-57-99-90(110-86-36-20-22-38-98(86)119-101-52-84(53-102(120-99)105(101)110)114(80-31-15-5-16-32-80)81-33-17-6-18-34-81)55-89(93)111(103)88-54-87-91(56-92(88)115(94)106-58-67-39-68(59-106)41-69(40-67)60-106)116(107-61-70-42-71(62-107)44-72(43-70)63-107)96-50-83(51-100-104(96)109(87)85-35-19-21-37-97(85)118-100)113(78-27-11-3-12-28-78)79-29-13-4-14-30-79/h1-38,48-57,67-75H,39-47,58-66H2. The van der Waals surface area contributed by atoms with Crippen LogP contribution in [0.1, 0.15) is 116 Å². The van der Waals surface area contributed by atoms with E-state index in [1.54, 1.807) is 0 Å². The van der Waals surface area contributed by atoms with Gasteiger partial charge < -0.3 is 43.6 Å². The van der Waals surface area contributed by atoms with Crippen molar-refractivity contribution in [1.82, 2.24) is 0 Å². The number of hydrogen-bond donors (Lipinski definition) is 0. The summed E-state index contributed by atoms with van der Waals surface area (Å²) in [6.45, 7) is -0.486. The van der Waals surface area contributed by atoms with E-state index in [1.165, 1.54) is 210 Å². The number of nitrogens with zero attached hydrogens (tertiary/aromatic N) is 6. The van der Waals surface area contributed by atoms with Crippen molar-refractivity contribution < 1.29 is 14.2 Å². The van der Waals surface area contributed by atoms with E-state index in [-0.39, 0.29) is 36.8 Å². The first kappa shape index (κ1) is 68.1. The topological polar surface area (TPSA) is 47.1 Å². The van der Waals surface area contributed by atoms with Gasteiger partial charge in [-0.2, -0.15) is 0 Å². The Labute approximate surface area is 704 Å². The Bertz CT molecular complexity index is 6200. The fourth-order valence-electron chi connectivity index (χ4n) is 29.8. The highest BCUT2D eigenvalue weighted by atomic mass is 16.5. The number of ether oxygens (including phenoxy) is 3. The highest BCUT2D eigenvalue weighted by Crippen LogP contribution is 2.67. The van der Waals surface area contributed by atoms with Crippen molar-refractivity contribution in [3.63, 3.8) is 0 Å². The summed E-state index contributed by atoms with van der Waals surface area (Å²) in [5.41, 5.74) is 29.8. The smallest absolute Gasteiger partial charge is 0.260 e. The molecule has 0 unspecified atom stereocenters. The molecular weight excluding hydrogens is 1460 g/mol. The van der Waals surface area contributed by atoms with E-state index in [2.05, 4.69) is 321 Å². The van der Waals surface area contributed by atoms with E-state index in [1.807, 2.05) is 0 Å². The van der Waals surface area contributed by atoms with Crippen molar-refractivity contribution in [3.8, 4) is 34.5 Å². The molecule has 18 aliphatic rings. The first-order valence-electron chi connectivity index (χ1n) is 45.4. The molecule has 12 fully saturated rings. The van der Waals surface area contributed by atoms with E-state index < -0.39 is 0 Å². The van der Waals surface area contributed by atoms with Gasteiger partial charge in [-0.1, -0.05) is 158 Å². The van der Waals surface area contributed by atoms with Crippen molar-refractivity contribution in [3.05, 3.63) is 291 Å². The lowest BCUT2D eigenvalue weighted by molar-refractivity contribution is 0.000311. The molecule has 6 aliphatic heterocycles. The second-order valence-electron chi connectivity index (χ2n) is 39.7. The summed E-state index contributed by atoms with van der Waals surface area (Å²) in [5, 5.41) is 0. The molecule has 582 valence electrons. The summed E-state index contributed by atoms with van der Waals surface area (Å²) in [6, 6.07) is 111. The fourth-order valence-corrected chi connectivity index (χ4v) is 29.8. The van der Waals surface area contributed by atoms with Crippen LogP contribution in [0, 0.1) is 53.3 Å². The quantitative estimate of drug-likeness (QED) is 0.111. The van der Waals surface area contributed by atoms with E-state index in [4.69, 9.17) is 14.2 Å². The Morgan fingerprint density at radius 3 is 0.817 bits per heavy atom. The fraction of sp³-hybridized carbons (Fsp3) is 0.278. The first-order valence-corrected chi connectivity index (χ1v) is 45.4. The highest BCUT2D eigenvalue weighted by molar-refractivity contribution is 7.04. The lowest BCUT2D eigenvalue weighted by Crippen LogP contribution is -2.71. The van der Waals surface area contributed by atoms with Gasteiger partial charge in [0.25, 0.3) is 20.1 Å². The number of hydrogen-bond acceptors (Lipinski definition) is 9. The zero-order valence-electron chi connectivity index (χ0n) is 67.8. The Morgan fingerprint density at radius 1 is 0.208 bits per heavy atom. The molecule has 31 rings (SSSR count). The van der Waals surface area contributed by atoms with Crippen LogP contribution in [0.5, 0.6) is 34.5 Å². The maximum absolute atomic E-state index is 8.03. The molecule has 12 aliphatic carbocycles. The van der Waals surface area contributed by atoms with Crippen LogP contribution >= 0.6 is 0 Å². The Balaban J connectivity index is 0.751.